The van der Waals surface area contributed by atoms with Crippen LogP contribution in [0.3, 0.4) is 0 Å². The molecule has 13 aromatic rings. The predicted octanol–water partition coefficient (Wildman–Crippen LogP) is 14.3. The van der Waals surface area contributed by atoms with Crippen molar-refractivity contribution in [1.82, 2.24) is 48.0 Å². The van der Waals surface area contributed by atoms with Gasteiger partial charge in [0.2, 0.25) is 0 Å². The third-order valence-corrected chi connectivity index (χ3v) is 16.5. The van der Waals surface area contributed by atoms with Crippen molar-refractivity contribution < 1.29 is 49.1 Å². The van der Waals surface area contributed by atoms with Crippen LogP contribution in [0.25, 0.3) is 44.1 Å². The first kappa shape index (κ1) is 64.2. The van der Waals surface area contributed by atoms with Gasteiger partial charge in [0.1, 0.15) is 23.3 Å². The van der Waals surface area contributed by atoms with E-state index in [1.807, 2.05) is 6.92 Å². The van der Waals surface area contributed by atoms with Crippen molar-refractivity contribution >= 4 is 50.1 Å². The van der Waals surface area contributed by atoms with Crippen LogP contribution in [0.2, 0.25) is 0 Å². The quantitative estimate of drug-likeness (QED) is 0.0674. The summed E-state index contributed by atoms with van der Waals surface area (Å²) in [6.07, 6.45) is -0.806. The van der Waals surface area contributed by atoms with Crippen molar-refractivity contribution in [3.05, 3.63) is 297 Å². The van der Waals surface area contributed by atoms with E-state index in [9.17, 15) is 9.90 Å². The summed E-state index contributed by atoms with van der Waals surface area (Å²) in [6.45, 7) is 15.7. The number of imidazole rings is 4. The molecule has 90 heavy (non-hydrogen) atoms. The third-order valence-electron chi connectivity index (χ3n) is 16.5. The summed E-state index contributed by atoms with van der Waals surface area (Å²) in [4.78, 5) is 36.4. The summed E-state index contributed by atoms with van der Waals surface area (Å²) in [7, 11) is 0. The second-order valence-corrected chi connectivity index (χ2v) is 23.5. The Hall–Kier alpha value is -8.75. The molecule has 15 heteroatoms. The number of carbonyl (C=O) groups is 1. The molecular formula is C75H74Mn2N10O3. The number of aliphatic hydroxyl groups is 1. The first-order chi connectivity index (χ1) is 42.8. The fourth-order valence-corrected chi connectivity index (χ4v) is 11.7. The smallest absolute Gasteiger partial charge is 0.335 e. The Kier molecular flexibility index (Phi) is 20.9. The van der Waals surface area contributed by atoms with Crippen LogP contribution in [0.5, 0.6) is 0 Å². The third kappa shape index (κ3) is 15.4. The largest absolute Gasteiger partial charge is 0.478 e. The summed E-state index contributed by atoms with van der Waals surface area (Å²) >= 11 is 0. The van der Waals surface area contributed by atoms with Gasteiger partial charge in [0.05, 0.1) is 82.0 Å². The summed E-state index contributed by atoms with van der Waals surface area (Å²) in [5, 5.41) is 21.5. The van der Waals surface area contributed by atoms with Crippen molar-refractivity contribution in [2.75, 3.05) is 13.1 Å². The Morgan fingerprint density at radius 3 is 0.811 bits per heavy atom. The zero-order valence-corrected chi connectivity index (χ0v) is 53.8. The van der Waals surface area contributed by atoms with Gasteiger partial charge in [-0.05, 0) is 118 Å². The van der Waals surface area contributed by atoms with E-state index in [-0.39, 0.29) is 34.1 Å². The molecule has 456 valence electrons. The van der Waals surface area contributed by atoms with E-state index in [4.69, 9.17) is 25.0 Å². The van der Waals surface area contributed by atoms with E-state index >= 15 is 0 Å². The van der Waals surface area contributed by atoms with Crippen molar-refractivity contribution in [2.24, 2.45) is 0 Å². The number of rotatable bonds is 21. The van der Waals surface area contributed by atoms with Crippen molar-refractivity contribution in [2.45, 2.75) is 93.1 Å². The van der Waals surface area contributed by atoms with E-state index in [0.29, 0.717) is 71.0 Å². The van der Waals surface area contributed by atoms with E-state index < -0.39 is 12.1 Å². The number of nitrogens with zero attached hydrogens (tertiary/aromatic N) is 10. The van der Waals surface area contributed by atoms with Crippen LogP contribution in [0, 0.1) is 34.6 Å². The molecule has 4 aromatic heterocycles. The Labute approximate surface area is 547 Å². The number of hydrogen-bond acceptors (Lipinski definition) is 8. The van der Waals surface area contributed by atoms with Gasteiger partial charge in [0, 0.05) is 73.4 Å². The normalized spacial score (nSPS) is 11.4. The molecule has 0 atom stereocenters. The Bertz CT molecular complexity index is 4000. The maximum Gasteiger partial charge on any atom is 0.335 e. The molecule has 0 spiro atoms. The molecule has 4 heterocycles. The molecule has 0 aliphatic rings. The minimum Gasteiger partial charge on any atom is -0.478 e. The fraction of sp³-hybridized carbons (Fsp3) is 0.213. The molecule has 0 saturated heterocycles. The molecule has 0 amide bonds. The number of aryl methyl sites for hydroxylation is 5. The fourth-order valence-electron chi connectivity index (χ4n) is 11.7. The van der Waals surface area contributed by atoms with Gasteiger partial charge in [-0.2, -0.15) is 0 Å². The SMILES string of the molecule is Cc1ccc(C(=O)O)cc1.Cc1ccc(Cn2c(CN(Cc3nc4ccccc4n3Cc3ccc(C)cc3)CC(O)CN(Cc3nc4ccccc4n3Cc3ccc(C)cc3)Cc3nc4ccccc4n3Cc3ccc(C)cc3)nc3ccccc32)cc1.[Mn].[Mn]. The van der Waals surface area contributed by atoms with Gasteiger partial charge < -0.3 is 28.5 Å². The summed E-state index contributed by atoms with van der Waals surface area (Å²) in [6, 6.07) is 75.5. The van der Waals surface area contributed by atoms with Crippen LogP contribution < -0.4 is 0 Å². The van der Waals surface area contributed by atoms with Gasteiger partial charge in [-0.1, -0.05) is 186 Å². The number of hydrogen-bond donors (Lipinski definition) is 2. The van der Waals surface area contributed by atoms with Gasteiger partial charge >= 0.3 is 5.97 Å². The van der Waals surface area contributed by atoms with Crippen LogP contribution in [-0.2, 0) is 86.5 Å². The molecular weight excluding hydrogens is 1200 g/mol. The second-order valence-electron chi connectivity index (χ2n) is 23.5. The topological polar surface area (TPSA) is 135 Å². The van der Waals surface area contributed by atoms with Crippen molar-refractivity contribution in [3.8, 4) is 0 Å². The average molecular weight is 1270 g/mol. The number of aromatic carboxylic acids is 1. The van der Waals surface area contributed by atoms with Gasteiger partial charge in [-0.15, -0.1) is 0 Å². The van der Waals surface area contributed by atoms with Gasteiger partial charge in [-0.3, -0.25) is 9.80 Å². The van der Waals surface area contributed by atoms with Gasteiger partial charge in [-0.25, -0.2) is 24.7 Å². The molecule has 0 bridgehead atoms. The van der Waals surface area contributed by atoms with E-state index in [1.165, 1.54) is 44.5 Å². The number of benzene rings is 9. The Balaban J connectivity index is 0.000000679. The molecule has 0 fully saturated rings. The van der Waals surface area contributed by atoms with Crippen LogP contribution in [0.4, 0.5) is 0 Å². The molecule has 2 radical (unpaired) electrons. The zero-order valence-electron chi connectivity index (χ0n) is 51.5. The minimum atomic E-state index is -0.875. The van der Waals surface area contributed by atoms with Crippen LogP contribution >= 0.6 is 0 Å². The Morgan fingerprint density at radius 2 is 0.578 bits per heavy atom. The number of aliphatic hydroxyl groups excluding tert-OH is 1. The molecule has 0 unspecified atom stereocenters. The molecule has 0 saturated carbocycles. The van der Waals surface area contributed by atoms with Crippen LogP contribution in [-0.4, -0.2) is 83.4 Å². The van der Waals surface area contributed by atoms with Crippen LogP contribution in [0.1, 0.15) is 83.7 Å². The first-order valence-corrected chi connectivity index (χ1v) is 30.2. The number of aromatic nitrogens is 8. The number of carboxylic acids is 1. The number of para-hydroxylation sites is 8. The predicted molar refractivity (Wildman–Crippen MR) is 352 cm³/mol. The molecule has 9 aromatic carbocycles. The minimum absolute atomic E-state index is 0. The van der Waals surface area contributed by atoms with E-state index in [0.717, 1.165) is 73.0 Å². The monoisotopic (exact) mass is 1270 g/mol. The van der Waals surface area contributed by atoms with Crippen molar-refractivity contribution in [1.29, 1.82) is 0 Å². The molecule has 13 rings (SSSR count). The number of carboxylic acid groups (broad SMARTS) is 1. The summed E-state index contributed by atoms with van der Waals surface area (Å²) in [5.41, 5.74) is 19.2. The molecule has 13 nitrogen and oxygen atoms in total. The molecule has 2 N–H and O–H groups in total. The molecule has 0 aliphatic heterocycles. The first-order valence-electron chi connectivity index (χ1n) is 30.2. The Morgan fingerprint density at radius 1 is 0.356 bits per heavy atom. The van der Waals surface area contributed by atoms with Crippen LogP contribution in [0.15, 0.2) is 218 Å². The average Bonchev–Trinajstić information content (AvgIpc) is 1.86. The maximum absolute atomic E-state index is 13.0. The van der Waals surface area contributed by atoms with E-state index in [1.54, 1.807) is 24.3 Å². The van der Waals surface area contributed by atoms with Gasteiger partial charge in [0.25, 0.3) is 0 Å². The van der Waals surface area contributed by atoms with E-state index in [2.05, 4.69) is 250 Å². The zero-order chi connectivity index (χ0) is 60.7. The molecule has 0 aliphatic carbocycles. The second kappa shape index (κ2) is 29.3. The van der Waals surface area contributed by atoms with Gasteiger partial charge in [0.15, 0.2) is 0 Å². The number of fused-ring (bicyclic) bond motifs is 4. The standard InChI is InChI=1S/C67H66N10O.C8H8O2.2Mn/c1-47-21-29-51(30-22-47)37-74-60-17-9-5-13-56(60)68-64(74)43-72(44-65-69-57-14-6-10-18-61(57)75(65)38-52-31-23-48(2)24-32-52)41-55(78)42-73(45-66-70-58-15-7-11-19-62(58)76(66)39-53-33-25-49(3)26-34-53)46-67-71-59-16-8-12-20-63(59)77(67)40-54-35-27-50(4)28-36-54;1-6-2-4-7(5-3-6)8(9)10;;/h5-36,55,78H,37-46H2,1-4H3;2-5H,1H3,(H,9,10);;. The van der Waals surface area contributed by atoms with Crippen molar-refractivity contribution in [3.63, 3.8) is 0 Å². The summed E-state index contributed by atoms with van der Waals surface area (Å²) < 4.78 is 9.38. The maximum atomic E-state index is 13.0. The summed E-state index contributed by atoms with van der Waals surface area (Å²) in [5.74, 6) is 2.83.